The van der Waals surface area contributed by atoms with Gasteiger partial charge in [0.2, 0.25) is 0 Å². The van der Waals surface area contributed by atoms with Crippen molar-refractivity contribution < 1.29 is 4.42 Å². The Kier molecular flexibility index (Phi) is 7.26. The first-order valence-electron chi connectivity index (χ1n) is 21.6. The van der Waals surface area contributed by atoms with Crippen LogP contribution in [0.5, 0.6) is 0 Å². The van der Waals surface area contributed by atoms with Crippen LogP contribution in [0, 0.1) is 0 Å². The van der Waals surface area contributed by atoms with Crippen LogP contribution >= 0.6 is 11.8 Å². The molecular formula is C59H36N2OS. The number of benzene rings is 10. The van der Waals surface area contributed by atoms with E-state index >= 15 is 0 Å². The number of aromatic nitrogens is 1. The Morgan fingerprint density at radius 2 is 1.05 bits per heavy atom. The number of para-hydroxylation sites is 3. The lowest BCUT2D eigenvalue weighted by molar-refractivity contribution is 0.669. The van der Waals surface area contributed by atoms with Crippen molar-refractivity contribution in [3.8, 4) is 16.8 Å². The fraction of sp³-hybridized carbons (Fsp3) is 0.0169. The van der Waals surface area contributed by atoms with Crippen molar-refractivity contribution in [2.75, 3.05) is 4.90 Å². The van der Waals surface area contributed by atoms with Gasteiger partial charge in [0.05, 0.1) is 27.5 Å². The van der Waals surface area contributed by atoms with Gasteiger partial charge in [-0.25, -0.2) is 0 Å². The highest BCUT2D eigenvalue weighted by molar-refractivity contribution is 7.99. The molecule has 3 heterocycles. The number of hydrogen-bond donors (Lipinski definition) is 0. The smallest absolute Gasteiger partial charge is 0.137 e. The van der Waals surface area contributed by atoms with Crippen molar-refractivity contribution in [3.05, 3.63) is 241 Å². The van der Waals surface area contributed by atoms with Crippen LogP contribution < -0.4 is 4.90 Å². The lowest BCUT2D eigenvalue weighted by Gasteiger charge is -2.46. The minimum atomic E-state index is -0.553. The van der Waals surface area contributed by atoms with E-state index in [0.29, 0.717) is 0 Å². The van der Waals surface area contributed by atoms with Gasteiger partial charge in [0, 0.05) is 43.0 Å². The summed E-state index contributed by atoms with van der Waals surface area (Å²) in [6.45, 7) is 0. The predicted octanol–water partition coefficient (Wildman–Crippen LogP) is 16.1. The second-order valence-corrected chi connectivity index (χ2v) is 17.8. The summed E-state index contributed by atoms with van der Waals surface area (Å²) < 4.78 is 8.88. The fourth-order valence-corrected chi connectivity index (χ4v) is 12.3. The second-order valence-electron chi connectivity index (χ2n) is 16.8. The third kappa shape index (κ3) is 4.76. The number of hydrogen-bond acceptors (Lipinski definition) is 3. The summed E-state index contributed by atoms with van der Waals surface area (Å²) in [6, 6.07) is 80.5. The van der Waals surface area contributed by atoms with Crippen molar-refractivity contribution in [2.24, 2.45) is 0 Å². The maximum Gasteiger partial charge on any atom is 0.137 e. The zero-order chi connectivity index (χ0) is 41.2. The zero-order valence-corrected chi connectivity index (χ0v) is 34.8. The maximum atomic E-state index is 6.44. The van der Waals surface area contributed by atoms with E-state index in [1.165, 1.54) is 64.7 Å². The largest absolute Gasteiger partial charge is 0.456 e. The first-order chi connectivity index (χ1) is 31.3. The molecule has 0 amide bonds. The van der Waals surface area contributed by atoms with Crippen LogP contribution in [-0.2, 0) is 5.41 Å². The highest BCUT2D eigenvalue weighted by Crippen LogP contribution is 2.62. The molecule has 0 radical (unpaired) electrons. The number of anilines is 3. The first-order valence-corrected chi connectivity index (χ1v) is 22.4. The molecule has 0 saturated heterocycles. The standard InChI is InChI=1S/C59H36N2OS/c1-2-17-38(18-3-1)60(40-31-33-43-42-20-5-9-26-50(42)61(52(43)36-40)51-27-14-29-54-58(51)45-21-6-10-28-53(45)62-54)39-32-34-56-49(35-39)59(47-24-8-11-30-55(47)63-56)46-23-7-4-19-41(46)44-22-12-15-37-16-13-25-48(59)57(37)44/h1-36H. The lowest BCUT2D eigenvalue weighted by Crippen LogP contribution is -2.36. The van der Waals surface area contributed by atoms with E-state index in [0.717, 1.165) is 55.7 Å². The molecule has 14 rings (SSSR count). The average molecular weight is 821 g/mol. The van der Waals surface area contributed by atoms with E-state index in [9.17, 15) is 0 Å². The highest BCUT2D eigenvalue weighted by Gasteiger charge is 2.48. The van der Waals surface area contributed by atoms with Crippen molar-refractivity contribution in [1.82, 2.24) is 4.57 Å². The molecule has 1 aliphatic heterocycles. The van der Waals surface area contributed by atoms with Crippen molar-refractivity contribution in [3.63, 3.8) is 0 Å². The SMILES string of the molecule is c1ccc(N(c2ccc3c(c2)C2(c4ccccc4S3)c3ccccc3-c3cccc4cccc2c34)c2ccc3c4ccccc4n(-c4cccc5oc6ccccc6c45)c3c2)cc1. The minimum Gasteiger partial charge on any atom is -0.456 e. The number of rotatable bonds is 4. The summed E-state index contributed by atoms with van der Waals surface area (Å²) in [7, 11) is 0. The Balaban J connectivity index is 1.05. The molecule has 0 fully saturated rings. The molecule has 63 heavy (non-hydrogen) atoms. The molecule has 2 aromatic heterocycles. The van der Waals surface area contributed by atoms with Gasteiger partial charge in [0.1, 0.15) is 11.2 Å². The van der Waals surface area contributed by atoms with Gasteiger partial charge in [-0.3, -0.25) is 0 Å². The highest BCUT2D eigenvalue weighted by atomic mass is 32.2. The minimum absolute atomic E-state index is 0.553. The van der Waals surface area contributed by atoms with Crippen molar-refractivity contribution >= 4 is 83.3 Å². The van der Waals surface area contributed by atoms with Gasteiger partial charge >= 0.3 is 0 Å². The van der Waals surface area contributed by atoms with E-state index in [1.54, 1.807) is 0 Å². The third-order valence-corrected chi connectivity index (χ3v) is 14.8. The van der Waals surface area contributed by atoms with Gasteiger partial charge < -0.3 is 13.9 Å². The molecule has 2 aliphatic rings. The van der Waals surface area contributed by atoms with Gasteiger partial charge in [-0.2, -0.15) is 0 Å². The molecule has 1 atom stereocenters. The van der Waals surface area contributed by atoms with Crippen LogP contribution in [0.1, 0.15) is 22.3 Å². The fourth-order valence-electron chi connectivity index (χ4n) is 11.1. The zero-order valence-electron chi connectivity index (χ0n) is 34.0. The first kappa shape index (κ1) is 34.9. The van der Waals surface area contributed by atoms with Crippen LogP contribution in [0.4, 0.5) is 17.1 Å². The maximum absolute atomic E-state index is 6.44. The van der Waals surface area contributed by atoms with E-state index < -0.39 is 5.41 Å². The topological polar surface area (TPSA) is 21.3 Å². The molecule has 0 saturated carbocycles. The summed E-state index contributed by atoms with van der Waals surface area (Å²) in [5, 5.41) is 7.24. The molecule has 1 aliphatic carbocycles. The molecule has 4 heteroatoms. The van der Waals surface area contributed by atoms with Crippen LogP contribution in [0.2, 0.25) is 0 Å². The van der Waals surface area contributed by atoms with Crippen LogP contribution in [-0.4, -0.2) is 4.57 Å². The molecule has 1 spiro atoms. The Hall–Kier alpha value is -7.79. The normalized spacial score (nSPS) is 15.0. The van der Waals surface area contributed by atoms with Gasteiger partial charge in [0.15, 0.2) is 0 Å². The van der Waals surface area contributed by atoms with E-state index in [2.05, 4.69) is 222 Å². The van der Waals surface area contributed by atoms with Crippen molar-refractivity contribution in [2.45, 2.75) is 15.2 Å². The van der Waals surface area contributed by atoms with E-state index in [4.69, 9.17) is 4.42 Å². The van der Waals surface area contributed by atoms with E-state index in [1.807, 2.05) is 17.8 Å². The summed E-state index contributed by atoms with van der Waals surface area (Å²) in [6.07, 6.45) is 0. The van der Waals surface area contributed by atoms with Gasteiger partial charge in [0.25, 0.3) is 0 Å². The molecule has 0 bridgehead atoms. The summed E-state index contributed by atoms with van der Waals surface area (Å²) in [5.74, 6) is 0. The molecule has 0 N–H and O–H groups in total. The summed E-state index contributed by atoms with van der Waals surface area (Å²) in [5.41, 5.74) is 15.8. The molecule has 12 aromatic rings. The third-order valence-electron chi connectivity index (χ3n) is 13.6. The van der Waals surface area contributed by atoms with Crippen LogP contribution in [0.25, 0.3) is 71.3 Å². The second kappa shape index (κ2) is 13.1. The lowest BCUT2D eigenvalue weighted by atomic mass is 9.59. The number of fused-ring (bicyclic) bond motifs is 14. The molecule has 294 valence electrons. The molecule has 1 unspecified atom stereocenters. The predicted molar refractivity (Wildman–Crippen MR) is 262 cm³/mol. The molecular weight excluding hydrogens is 785 g/mol. The van der Waals surface area contributed by atoms with Crippen LogP contribution in [0.15, 0.2) is 233 Å². The monoisotopic (exact) mass is 820 g/mol. The Morgan fingerprint density at radius 1 is 0.397 bits per heavy atom. The van der Waals surface area contributed by atoms with Gasteiger partial charge in [-0.1, -0.05) is 157 Å². The molecule has 10 aromatic carbocycles. The Bertz CT molecular complexity index is 3860. The van der Waals surface area contributed by atoms with Crippen LogP contribution in [0.3, 0.4) is 0 Å². The molecule has 3 nitrogen and oxygen atoms in total. The average Bonchev–Trinajstić information content (AvgIpc) is 3.89. The number of furan rings is 1. The Morgan fingerprint density at radius 3 is 1.97 bits per heavy atom. The summed E-state index contributed by atoms with van der Waals surface area (Å²) in [4.78, 5) is 5.01. The van der Waals surface area contributed by atoms with Gasteiger partial charge in [-0.05, 0) is 117 Å². The quantitative estimate of drug-likeness (QED) is 0.176. The number of nitrogens with zero attached hydrogens (tertiary/aromatic N) is 2. The summed E-state index contributed by atoms with van der Waals surface area (Å²) >= 11 is 1.88. The van der Waals surface area contributed by atoms with Gasteiger partial charge in [-0.15, -0.1) is 0 Å². The van der Waals surface area contributed by atoms with Crippen molar-refractivity contribution in [1.29, 1.82) is 0 Å². The van der Waals surface area contributed by atoms with E-state index in [-0.39, 0.29) is 0 Å². The Labute approximate surface area is 368 Å².